The monoisotopic (exact) mass is 477 g/mol. The summed E-state index contributed by atoms with van der Waals surface area (Å²) >= 11 is 5.96. The Bertz CT molecular complexity index is 700. The normalized spacial score (nSPS) is 12.2. The van der Waals surface area contributed by atoms with E-state index in [1.54, 1.807) is 18.2 Å². The minimum atomic E-state index is -0.957. The van der Waals surface area contributed by atoms with Crippen LogP contribution in [0.5, 0.6) is 0 Å². The van der Waals surface area contributed by atoms with Crippen molar-refractivity contribution in [2.45, 2.75) is 19.6 Å². The number of nitrogens with one attached hydrogen (secondary N) is 2. The largest absolute Gasteiger partial charge is 0.386 e. The molecule has 0 aromatic heterocycles. The fourth-order valence-corrected chi connectivity index (χ4v) is 2.41. The maximum absolute atomic E-state index is 13.7. The van der Waals surface area contributed by atoms with Crippen LogP contribution < -0.4 is 10.6 Å². The van der Waals surface area contributed by atoms with E-state index in [1.165, 1.54) is 6.07 Å². The average Bonchev–Trinajstić information content (AvgIpc) is 2.57. The van der Waals surface area contributed by atoms with Gasteiger partial charge in [0.1, 0.15) is 5.82 Å². The summed E-state index contributed by atoms with van der Waals surface area (Å²) in [5.41, 5.74) is 1.24. The lowest BCUT2D eigenvalue weighted by atomic mass is 10.1. The van der Waals surface area contributed by atoms with Gasteiger partial charge in [0, 0.05) is 23.7 Å². The molecule has 0 amide bonds. The van der Waals surface area contributed by atoms with E-state index in [9.17, 15) is 9.50 Å². The van der Waals surface area contributed by atoms with Crippen LogP contribution in [0.25, 0.3) is 0 Å². The second kappa shape index (κ2) is 11.3. The summed E-state index contributed by atoms with van der Waals surface area (Å²) in [5.74, 6) is 0.125. The molecule has 136 valence electrons. The quantitative estimate of drug-likeness (QED) is 0.336. The lowest BCUT2D eigenvalue weighted by molar-refractivity contribution is 0.176. The predicted molar refractivity (Wildman–Crippen MR) is 111 cm³/mol. The van der Waals surface area contributed by atoms with Crippen molar-refractivity contribution in [3.8, 4) is 0 Å². The Kier molecular flexibility index (Phi) is 9.77. The molecule has 1 atom stereocenters. The van der Waals surface area contributed by atoms with Crippen molar-refractivity contribution in [3.05, 3.63) is 70.5 Å². The molecule has 2 aromatic carbocycles. The Morgan fingerprint density at radius 2 is 1.96 bits per heavy atom. The average molecular weight is 478 g/mol. The Balaban J connectivity index is 0.00000312. The van der Waals surface area contributed by atoms with Gasteiger partial charge in [-0.15, -0.1) is 24.0 Å². The van der Waals surface area contributed by atoms with E-state index < -0.39 is 11.9 Å². The minimum Gasteiger partial charge on any atom is -0.386 e. The Morgan fingerprint density at radius 3 is 2.64 bits per heavy atom. The Morgan fingerprint density at radius 1 is 1.20 bits per heavy atom. The number of hydrogen-bond donors (Lipinski definition) is 3. The SMILES string of the molecule is CCNC(=NCc1cccc(Cl)c1)NCC(O)c1ccccc1F.I. The zero-order chi connectivity index (χ0) is 17.4. The van der Waals surface area contributed by atoms with Gasteiger partial charge in [-0.2, -0.15) is 0 Å². The molecule has 3 N–H and O–H groups in total. The highest BCUT2D eigenvalue weighted by Gasteiger charge is 2.12. The smallest absolute Gasteiger partial charge is 0.191 e. The summed E-state index contributed by atoms with van der Waals surface area (Å²) in [6.07, 6.45) is -0.957. The van der Waals surface area contributed by atoms with Gasteiger partial charge >= 0.3 is 0 Å². The number of nitrogens with zero attached hydrogens (tertiary/aromatic N) is 1. The summed E-state index contributed by atoms with van der Waals surface area (Å²) in [6.45, 7) is 3.23. The summed E-state index contributed by atoms with van der Waals surface area (Å²) < 4.78 is 13.7. The third kappa shape index (κ3) is 7.17. The number of halogens is 3. The van der Waals surface area contributed by atoms with E-state index in [1.807, 2.05) is 31.2 Å². The van der Waals surface area contributed by atoms with Crippen molar-refractivity contribution in [3.63, 3.8) is 0 Å². The first-order chi connectivity index (χ1) is 11.6. The van der Waals surface area contributed by atoms with Crippen molar-refractivity contribution in [2.24, 2.45) is 4.99 Å². The molecule has 0 aliphatic rings. The summed E-state index contributed by atoms with van der Waals surface area (Å²) in [7, 11) is 0. The van der Waals surface area contributed by atoms with E-state index in [4.69, 9.17) is 11.6 Å². The molecule has 0 saturated heterocycles. The highest BCUT2D eigenvalue weighted by Crippen LogP contribution is 2.15. The summed E-state index contributed by atoms with van der Waals surface area (Å²) in [4.78, 5) is 4.44. The van der Waals surface area contributed by atoms with Gasteiger partial charge in [-0.05, 0) is 30.7 Å². The number of aliphatic hydroxyl groups is 1. The van der Waals surface area contributed by atoms with Gasteiger partial charge in [-0.3, -0.25) is 0 Å². The van der Waals surface area contributed by atoms with Crippen molar-refractivity contribution in [2.75, 3.05) is 13.1 Å². The van der Waals surface area contributed by atoms with E-state index in [2.05, 4.69) is 15.6 Å². The minimum absolute atomic E-state index is 0. The molecule has 4 nitrogen and oxygen atoms in total. The lowest BCUT2D eigenvalue weighted by Crippen LogP contribution is -2.39. The van der Waals surface area contributed by atoms with Crippen LogP contribution >= 0.6 is 35.6 Å². The number of benzene rings is 2. The Hall–Kier alpha value is -1.38. The zero-order valence-electron chi connectivity index (χ0n) is 13.9. The predicted octanol–water partition coefficient (Wildman–Crippen LogP) is 3.89. The molecule has 7 heteroatoms. The molecule has 1 unspecified atom stereocenters. The van der Waals surface area contributed by atoms with E-state index >= 15 is 0 Å². The third-order valence-electron chi connectivity index (χ3n) is 3.38. The highest BCUT2D eigenvalue weighted by molar-refractivity contribution is 14.0. The van der Waals surface area contributed by atoms with Crippen LogP contribution in [0.4, 0.5) is 4.39 Å². The highest BCUT2D eigenvalue weighted by atomic mass is 127. The molecule has 0 spiro atoms. The molecule has 2 rings (SSSR count). The topological polar surface area (TPSA) is 56.7 Å². The molecule has 0 saturated carbocycles. The molecule has 0 aliphatic carbocycles. The van der Waals surface area contributed by atoms with E-state index in [0.717, 1.165) is 5.56 Å². The van der Waals surface area contributed by atoms with Gasteiger partial charge in [-0.25, -0.2) is 9.38 Å². The molecular weight excluding hydrogens is 456 g/mol. The molecule has 2 aromatic rings. The number of hydrogen-bond acceptors (Lipinski definition) is 2. The van der Waals surface area contributed by atoms with Crippen molar-refractivity contribution < 1.29 is 9.50 Å². The fourth-order valence-electron chi connectivity index (χ4n) is 2.20. The van der Waals surface area contributed by atoms with E-state index in [0.29, 0.717) is 24.1 Å². The molecule has 0 fully saturated rings. The molecular formula is C18H22ClFIN3O. The van der Waals surface area contributed by atoms with Gasteiger partial charge < -0.3 is 15.7 Å². The zero-order valence-corrected chi connectivity index (χ0v) is 17.0. The van der Waals surface area contributed by atoms with Gasteiger partial charge in [0.25, 0.3) is 0 Å². The molecule has 0 radical (unpaired) electrons. The summed E-state index contributed by atoms with van der Waals surface area (Å²) in [6, 6.07) is 13.7. The molecule has 0 bridgehead atoms. The van der Waals surface area contributed by atoms with Crippen LogP contribution in [0.3, 0.4) is 0 Å². The van der Waals surface area contributed by atoms with Gasteiger partial charge in [-0.1, -0.05) is 41.9 Å². The first kappa shape index (κ1) is 21.7. The van der Waals surface area contributed by atoms with Crippen LogP contribution in [0.2, 0.25) is 5.02 Å². The van der Waals surface area contributed by atoms with Crippen molar-refractivity contribution in [1.29, 1.82) is 0 Å². The number of aliphatic hydroxyl groups excluding tert-OH is 1. The third-order valence-corrected chi connectivity index (χ3v) is 3.62. The van der Waals surface area contributed by atoms with Crippen LogP contribution in [-0.4, -0.2) is 24.2 Å². The number of aliphatic imine (C=N–C) groups is 1. The van der Waals surface area contributed by atoms with Crippen molar-refractivity contribution >= 4 is 41.5 Å². The van der Waals surface area contributed by atoms with Crippen LogP contribution in [0.1, 0.15) is 24.2 Å². The standard InChI is InChI=1S/C18H21ClFN3O.HI/c1-2-21-18(22-11-13-6-5-7-14(19)10-13)23-12-17(24)15-8-3-4-9-16(15)20;/h3-10,17,24H,2,11-12H2,1H3,(H2,21,22,23);1H. The number of guanidine groups is 1. The fraction of sp³-hybridized carbons (Fsp3) is 0.278. The summed E-state index contributed by atoms with van der Waals surface area (Å²) in [5, 5.41) is 16.9. The van der Waals surface area contributed by atoms with Crippen molar-refractivity contribution in [1.82, 2.24) is 10.6 Å². The lowest BCUT2D eigenvalue weighted by Gasteiger charge is -2.16. The maximum Gasteiger partial charge on any atom is 0.191 e. The maximum atomic E-state index is 13.7. The second-order valence-corrected chi connectivity index (χ2v) is 5.68. The van der Waals surface area contributed by atoms with Crippen LogP contribution in [-0.2, 0) is 6.54 Å². The molecule has 25 heavy (non-hydrogen) atoms. The first-order valence-corrected chi connectivity index (χ1v) is 8.17. The van der Waals surface area contributed by atoms with Gasteiger partial charge in [0.05, 0.1) is 12.6 Å². The van der Waals surface area contributed by atoms with Crippen LogP contribution in [0.15, 0.2) is 53.5 Å². The second-order valence-electron chi connectivity index (χ2n) is 5.24. The Labute approximate surface area is 169 Å². The number of rotatable bonds is 6. The van der Waals surface area contributed by atoms with E-state index in [-0.39, 0.29) is 36.1 Å². The van der Waals surface area contributed by atoms with Gasteiger partial charge in [0.2, 0.25) is 0 Å². The molecule has 0 aliphatic heterocycles. The molecule has 0 heterocycles. The van der Waals surface area contributed by atoms with Crippen LogP contribution in [0, 0.1) is 5.82 Å². The first-order valence-electron chi connectivity index (χ1n) is 7.79. The van der Waals surface area contributed by atoms with Gasteiger partial charge in [0.15, 0.2) is 5.96 Å².